The molecule has 1 saturated heterocycles. The highest BCUT2D eigenvalue weighted by molar-refractivity contribution is 7.92. The third kappa shape index (κ3) is 4.55. The van der Waals surface area contributed by atoms with Crippen LogP contribution in [0.15, 0.2) is 65.6 Å². The van der Waals surface area contributed by atoms with E-state index in [-0.39, 0.29) is 23.2 Å². The lowest BCUT2D eigenvalue weighted by molar-refractivity contribution is -0.0499. The molecule has 10 heteroatoms. The second-order valence-electron chi connectivity index (χ2n) is 8.66. The van der Waals surface area contributed by atoms with Gasteiger partial charge < -0.3 is 15.0 Å². The first-order valence-corrected chi connectivity index (χ1v) is 12.6. The molecule has 0 aliphatic carbocycles. The number of alkyl halides is 2. The molecule has 0 aromatic heterocycles. The largest absolute Gasteiger partial charge is 0.435 e. The Hall–Kier alpha value is -3.24. The summed E-state index contributed by atoms with van der Waals surface area (Å²) in [5, 5.41) is 3.32. The van der Waals surface area contributed by atoms with Crippen LogP contribution in [-0.2, 0) is 10.0 Å². The Balaban J connectivity index is 1.64. The number of halogens is 3. The first-order chi connectivity index (χ1) is 16.7. The fraction of sp³-hybridized carbons (Fsp3) is 0.280. The van der Waals surface area contributed by atoms with Gasteiger partial charge in [0.25, 0.3) is 10.0 Å². The number of anilines is 2. The monoisotopic (exact) mass is 503 g/mol. The van der Waals surface area contributed by atoms with E-state index in [1.807, 2.05) is 13.0 Å². The highest BCUT2D eigenvalue weighted by atomic mass is 32.2. The van der Waals surface area contributed by atoms with Crippen LogP contribution in [0.1, 0.15) is 5.56 Å². The summed E-state index contributed by atoms with van der Waals surface area (Å²) in [4.78, 5) is 2.36. The van der Waals surface area contributed by atoms with Gasteiger partial charge in [0.2, 0.25) is 0 Å². The van der Waals surface area contributed by atoms with Crippen molar-refractivity contribution in [2.24, 2.45) is 0 Å². The van der Waals surface area contributed by atoms with Gasteiger partial charge in [0.15, 0.2) is 0 Å². The Morgan fingerprint density at radius 1 is 1.03 bits per heavy atom. The summed E-state index contributed by atoms with van der Waals surface area (Å²) in [5.41, 5.74) is 2.83. The zero-order valence-electron chi connectivity index (χ0n) is 18.9. The number of rotatable bonds is 5. The van der Waals surface area contributed by atoms with Crippen LogP contribution < -0.4 is 19.3 Å². The summed E-state index contributed by atoms with van der Waals surface area (Å²) in [5.74, 6) is -1.04. The van der Waals surface area contributed by atoms with Crippen LogP contribution in [0, 0.1) is 12.7 Å². The van der Waals surface area contributed by atoms with Crippen LogP contribution in [0.2, 0.25) is 0 Å². The number of piperazine rings is 1. The van der Waals surface area contributed by atoms with Gasteiger partial charge in [-0.1, -0.05) is 18.2 Å². The van der Waals surface area contributed by atoms with E-state index in [1.165, 1.54) is 16.4 Å². The molecule has 3 aromatic carbocycles. The van der Waals surface area contributed by atoms with E-state index in [0.29, 0.717) is 29.9 Å². The number of hydrogen-bond donors (Lipinski definition) is 1. The minimum Gasteiger partial charge on any atom is -0.435 e. The Kier molecular flexibility index (Phi) is 6.10. The van der Waals surface area contributed by atoms with Gasteiger partial charge in [-0.3, -0.25) is 4.31 Å². The van der Waals surface area contributed by atoms with Gasteiger partial charge in [0, 0.05) is 25.7 Å². The minimum absolute atomic E-state index is 0.0538. The van der Waals surface area contributed by atoms with Crippen LogP contribution in [0.5, 0.6) is 5.75 Å². The van der Waals surface area contributed by atoms with Crippen LogP contribution in [0.4, 0.5) is 24.5 Å². The third-order valence-electron chi connectivity index (χ3n) is 6.29. The van der Waals surface area contributed by atoms with Crippen molar-refractivity contribution in [2.45, 2.75) is 24.5 Å². The third-order valence-corrected chi connectivity index (χ3v) is 8.06. The van der Waals surface area contributed by atoms with E-state index in [1.54, 1.807) is 36.4 Å². The van der Waals surface area contributed by atoms with Gasteiger partial charge >= 0.3 is 6.61 Å². The Labute approximate surface area is 202 Å². The summed E-state index contributed by atoms with van der Waals surface area (Å²) in [6.45, 7) is 1.09. The number of hydrogen-bond acceptors (Lipinski definition) is 5. The number of aryl methyl sites for hydroxylation is 1. The highest BCUT2D eigenvalue weighted by Gasteiger charge is 2.38. The second-order valence-corrected chi connectivity index (χ2v) is 10.5. The van der Waals surface area contributed by atoms with Crippen molar-refractivity contribution in [2.75, 3.05) is 35.4 Å². The molecule has 2 aliphatic rings. The lowest BCUT2D eigenvalue weighted by Gasteiger charge is -2.46. The second kappa shape index (κ2) is 9.09. The topological polar surface area (TPSA) is 61.9 Å². The van der Waals surface area contributed by atoms with Gasteiger partial charge in [-0.25, -0.2) is 12.8 Å². The van der Waals surface area contributed by atoms with Crippen LogP contribution in [-0.4, -0.2) is 47.3 Å². The molecular formula is C25H24F3N3O3S. The molecule has 1 N–H and O–H groups in total. The van der Waals surface area contributed by atoms with E-state index in [4.69, 9.17) is 0 Å². The molecule has 0 saturated carbocycles. The quantitative estimate of drug-likeness (QED) is 0.560. The molecule has 0 unspecified atom stereocenters. The first kappa shape index (κ1) is 23.5. The SMILES string of the molecule is Cc1cccc(S(=O)(=O)N2C[C@@H]3CNCCN3c3ccc(-c4cc(F)cc(OC(F)F)c4)cc32)c1. The summed E-state index contributed by atoms with van der Waals surface area (Å²) in [6.07, 6.45) is 0. The van der Waals surface area contributed by atoms with E-state index in [2.05, 4.69) is 15.0 Å². The molecular weight excluding hydrogens is 479 g/mol. The molecule has 0 bridgehead atoms. The zero-order chi connectivity index (χ0) is 24.7. The number of sulfonamides is 1. The van der Waals surface area contributed by atoms with Crippen LogP contribution in [0.3, 0.4) is 0 Å². The lowest BCUT2D eigenvalue weighted by atomic mass is 10.0. The predicted molar refractivity (Wildman–Crippen MR) is 128 cm³/mol. The molecule has 1 atom stereocenters. The van der Waals surface area contributed by atoms with Crippen molar-refractivity contribution >= 4 is 21.4 Å². The van der Waals surface area contributed by atoms with Crippen molar-refractivity contribution in [1.82, 2.24) is 5.32 Å². The Morgan fingerprint density at radius 3 is 2.63 bits per heavy atom. The van der Waals surface area contributed by atoms with Crippen molar-refractivity contribution in [1.29, 1.82) is 0 Å². The summed E-state index contributed by atoms with van der Waals surface area (Å²) < 4.78 is 73.0. The molecule has 0 spiro atoms. The molecule has 0 amide bonds. The summed E-state index contributed by atoms with van der Waals surface area (Å²) in [7, 11) is -3.90. The molecule has 35 heavy (non-hydrogen) atoms. The summed E-state index contributed by atoms with van der Waals surface area (Å²) >= 11 is 0. The molecule has 2 aliphatic heterocycles. The van der Waals surface area contributed by atoms with Gasteiger partial charge in [-0.05, 0) is 60.0 Å². The highest BCUT2D eigenvalue weighted by Crippen LogP contribution is 2.42. The number of fused-ring (bicyclic) bond motifs is 3. The Morgan fingerprint density at radius 2 is 1.86 bits per heavy atom. The fourth-order valence-corrected chi connectivity index (χ4v) is 6.32. The molecule has 2 heterocycles. The maximum absolute atomic E-state index is 14.2. The maximum atomic E-state index is 14.2. The lowest BCUT2D eigenvalue weighted by Crippen LogP contribution is -2.59. The van der Waals surface area contributed by atoms with Gasteiger partial charge in [-0.15, -0.1) is 0 Å². The molecule has 6 nitrogen and oxygen atoms in total. The molecule has 5 rings (SSSR count). The molecule has 1 fully saturated rings. The van der Waals surface area contributed by atoms with E-state index >= 15 is 0 Å². The van der Waals surface area contributed by atoms with Crippen LogP contribution >= 0.6 is 0 Å². The first-order valence-electron chi connectivity index (χ1n) is 11.2. The number of nitrogens with one attached hydrogen (secondary N) is 1. The smallest absolute Gasteiger partial charge is 0.387 e. The van der Waals surface area contributed by atoms with Crippen molar-refractivity contribution in [3.63, 3.8) is 0 Å². The van der Waals surface area contributed by atoms with Crippen LogP contribution in [0.25, 0.3) is 11.1 Å². The number of ether oxygens (including phenoxy) is 1. The summed E-state index contributed by atoms with van der Waals surface area (Å²) in [6, 6.07) is 15.3. The number of nitrogens with zero attached hydrogens (tertiary/aromatic N) is 2. The Bertz CT molecular complexity index is 1370. The average Bonchev–Trinajstić information content (AvgIpc) is 2.82. The number of benzene rings is 3. The molecule has 184 valence electrons. The van der Waals surface area contributed by atoms with Crippen molar-refractivity contribution in [3.05, 3.63) is 72.0 Å². The van der Waals surface area contributed by atoms with E-state index in [0.717, 1.165) is 23.9 Å². The fourth-order valence-electron chi connectivity index (χ4n) is 4.71. The van der Waals surface area contributed by atoms with Gasteiger partial charge in [0.1, 0.15) is 11.6 Å². The normalized spacial score (nSPS) is 17.8. The maximum Gasteiger partial charge on any atom is 0.387 e. The predicted octanol–water partition coefficient (Wildman–Crippen LogP) is 4.39. The standard InChI is InChI=1S/C25H24F3N3O3S/c1-16-3-2-4-22(9-16)35(32,33)31-15-20-14-29-7-8-30(20)23-6-5-17(12-24(23)31)18-10-19(26)13-21(11-18)34-25(27)28/h2-6,9-13,20,25,29H,7-8,14-15H2,1H3/t20-/m0/s1. The van der Waals surface area contributed by atoms with Gasteiger partial charge in [0.05, 0.1) is 28.9 Å². The molecule has 3 aromatic rings. The van der Waals surface area contributed by atoms with Gasteiger partial charge in [-0.2, -0.15) is 8.78 Å². The van der Waals surface area contributed by atoms with E-state index < -0.39 is 22.5 Å². The minimum atomic E-state index is -3.90. The average molecular weight is 504 g/mol. The van der Waals surface area contributed by atoms with E-state index in [9.17, 15) is 21.6 Å². The van der Waals surface area contributed by atoms with Crippen molar-refractivity contribution in [3.8, 4) is 16.9 Å². The zero-order valence-corrected chi connectivity index (χ0v) is 19.7. The van der Waals surface area contributed by atoms with Crippen molar-refractivity contribution < 1.29 is 26.3 Å². The molecule has 0 radical (unpaired) electrons.